The van der Waals surface area contributed by atoms with Crippen molar-refractivity contribution in [3.63, 3.8) is 0 Å². The van der Waals surface area contributed by atoms with E-state index >= 15 is 0 Å². The number of carbonyl (C=O) groups excluding carboxylic acids is 1. The summed E-state index contributed by atoms with van der Waals surface area (Å²) in [6, 6.07) is 3.79. The van der Waals surface area contributed by atoms with E-state index in [0.717, 1.165) is 31.7 Å². The summed E-state index contributed by atoms with van der Waals surface area (Å²) in [4.78, 5) is 20.8. The van der Waals surface area contributed by atoms with Crippen LogP contribution in [-0.4, -0.2) is 53.5 Å². The topological polar surface area (TPSA) is 45.7 Å². The highest BCUT2D eigenvalue weighted by molar-refractivity contribution is 5.82. The first-order chi connectivity index (χ1) is 10.0. The van der Waals surface area contributed by atoms with Gasteiger partial charge in [-0.2, -0.15) is 0 Å². The summed E-state index contributed by atoms with van der Waals surface area (Å²) in [5.74, 6) is 1.36. The van der Waals surface area contributed by atoms with Crippen molar-refractivity contribution in [3.05, 3.63) is 23.9 Å². The highest BCUT2D eigenvalue weighted by Crippen LogP contribution is 2.17. The Morgan fingerprint density at radius 3 is 2.71 bits per heavy atom. The molecule has 2 rings (SSSR count). The minimum atomic E-state index is -0.0698. The molecule has 0 radical (unpaired) electrons. The van der Waals surface area contributed by atoms with Gasteiger partial charge in [0.15, 0.2) is 0 Å². The molecule has 0 saturated carbocycles. The van der Waals surface area contributed by atoms with E-state index in [4.69, 9.17) is 4.74 Å². The molecule has 1 aliphatic heterocycles. The first kappa shape index (κ1) is 15.8. The molecular weight excluding hydrogens is 266 g/mol. The van der Waals surface area contributed by atoms with E-state index < -0.39 is 0 Å². The van der Waals surface area contributed by atoms with Crippen molar-refractivity contribution in [2.45, 2.75) is 33.4 Å². The van der Waals surface area contributed by atoms with Gasteiger partial charge in [-0.15, -0.1) is 0 Å². The van der Waals surface area contributed by atoms with Crippen LogP contribution in [-0.2, 0) is 11.3 Å². The van der Waals surface area contributed by atoms with Crippen LogP contribution in [0.2, 0.25) is 0 Å². The van der Waals surface area contributed by atoms with Gasteiger partial charge >= 0.3 is 0 Å². The lowest BCUT2D eigenvalue weighted by Gasteiger charge is -2.39. The van der Waals surface area contributed by atoms with Gasteiger partial charge in [0.2, 0.25) is 11.8 Å². The van der Waals surface area contributed by atoms with Gasteiger partial charge < -0.3 is 9.64 Å². The van der Waals surface area contributed by atoms with Crippen LogP contribution in [0.5, 0.6) is 5.88 Å². The molecule has 21 heavy (non-hydrogen) atoms. The van der Waals surface area contributed by atoms with Crippen LogP contribution < -0.4 is 4.74 Å². The standard InChI is InChI=1S/C16H25N3O2/c1-12(2)10-19-8-7-18(13(3)16(19)20)11-14-5-6-15(21-4)17-9-14/h5-6,9,12-13H,7-8,10-11H2,1-4H3. The predicted molar refractivity (Wildman–Crippen MR) is 82.1 cm³/mol. The Labute approximate surface area is 126 Å². The summed E-state index contributed by atoms with van der Waals surface area (Å²) in [5.41, 5.74) is 1.10. The number of methoxy groups -OCH3 is 1. The molecule has 0 bridgehead atoms. The van der Waals surface area contributed by atoms with E-state index in [-0.39, 0.29) is 11.9 Å². The number of carbonyl (C=O) groups is 1. The molecule has 1 unspecified atom stereocenters. The van der Waals surface area contributed by atoms with E-state index in [0.29, 0.717) is 11.8 Å². The lowest BCUT2D eigenvalue weighted by atomic mass is 10.1. The van der Waals surface area contributed by atoms with Gasteiger partial charge in [0.05, 0.1) is 13.2 Å². The maximum Gasteiger partial charge on any atom is 0.239 e. The number of piperazine rings is 1. The van der Waals surface area contributed by atoms with Gasteiger partial charge in [-0.25, -0.2) is 4.98 Å². The molecule has 1 aliphatic rings. The molecule has 1 aromatic heterocycles. The summed E-state index contributed by atoms with van der Waals surface area (Å²) in [6.45, 7) is 9.60. The molecule has 1 amide bonds. The zero-order valence-corrected chi connectivity index (χ0v) is 13.4. The van der Waals surface area contributed by atoms with Crippen LogP contribution >= 0.6 is 0 Å². The Hall–Kier alpha value is -1.62. The lowest BCUT2D eigenvalue weighted by Crippen LogP contribution is -2.56. The summed E-state index contributed by atoms with van der Waals surface area (Å²) < 4.78 is 5.06. The number of ether oxygens (including phenoxy) is 1. The highest BCUT2D eigenvalue weighted by Gasteiger charge is 2.31. The first-order valence-corrected chi connectivity index (χ1v) is 7.53. The normalized spacial score (nSPS) is 20.1. The molecule has 1 aromatic rings. The molecule has 1 saturated heterocycles. The van der Waals surface area contributed by atoms with Gasteiger partial charge in [-0.3, -0.25) is 9.69 Å². The third-order valence-corrected chi connectivity index (χ3v) is 3.85. The second kappa shape index (κ2) is 6.89. The van der Waals surface area contributed by atoms with Crippen molar-refractivity contribution >= 4 is 5.91 Å². The van der Waals surface area contributed by atoms with Crippen LogP contribution in [0.15, 0.2) is 18.3 Å². The number of pyridine rings is 1. The van der Waals surface area contributed by atoms with Gasteiger partial charge in [-0.05, 0) is 18.4 Å². The highest BCUT2D eigenvalue weighted by atomic mass is 16.5. The van der Waals surface area contributed by atoms with E-state index in [1.54, 1.807) is 7.11 Å². The maximum atomic E-state index is 12.4. The number of nitrogens with zero attached hydrogens (tertiary/aromatic N) is 3. The lowest BCUT2D eigenvalue weighted by molar-refractivity contribution is -0.141. The fraction of sp³-hybridized carbons (Fsp3) is 0.625. The Bertz CT molecular complexity index is 473. The minimum Gasteiger partial charge on any atom is -0.481 e. The maximum absolute atomic E-state index is 12.4. The largest absolute Gasteiger partial charge is 0.481 e. The molecule has 1 atom stereocenters. The van der Waals surface area contributed by atoms with Gasteiger partial charge in [0.25, 0.3) is 0 Å². The number of hydrogen-bond acceptors (Lipinski definition) is 4. The van der Waals surface area contributed by atoms with Crippen molar-refractivity contribution in [2.24, 2.45) is 5.92 Å². The van der Waals surface area contributed by atoms with Crippen LogP contribution in [0.3, 0.4) is 0 Å². The molecule has 116 valence electrons. The van der Waals surface area contributed by atoms with E-state index in [9.17, 15) is 4.79 Å². The molecule has 2 heterocycles. The second-order valence-corrected chi connectivity index (χ2v) is 6.03. The summed E-state index contributed by atoms with van der Waals surface area (Å²) in [5, 5.41) is 0. The smallest absolute Gasteiger partial charge is 0.239 e. The quantitative estimate of drug-likeness (QED) is 0.829. The second-order valence-electron chi connectivity index (χ2n) is 6.03. The summed E-state index contributed by atoms with van der Waals surface area (Å²) >= 11 is 0. The third kappa shape index (κ3) is 3.94. The van der Waals surface area contributed by atoms with E-state index in [1.807, 2.05) is 30.2 Å². The molecule has 0 spiro atoms. The fourth-order valence-electron chi connectivity index (χ4n) is 2.67. The van der Waals surface area contributed by atoms with Crippen molar-refractivity contribution in [2.75, 3.05) is 26.7 Å². The SMILES string of the molecule is COc1ccc(CN2CCN(CC(C)C)C(=O)C2C)cn1. The molecule has 0 aliphatic carbocycles. The van der Waals surface area contributed by atoms with E-state index in [2.05, 4.69) is 23.7 Å². The number of rotatable bonds is 5. The average Bonchev–Trinajstić information content (AvgIpc) is 2.47. The minimum absolute atomic E-state index is 0.0698. The van der Waals surface area contributed by atoms with Crippen molar-refractivity contribution in [3.8, 4) is 5.88 Å². The molecule has 5 heteroatoms. The number of amides is 1. The average molecular weight is 291 g/mol. The van der Waals surface area contributed by atoms with E-state index in [1.165, 1.54) is 0 Å². The fourth-order valence-corrected chi connectivity index (χ4v) is 2.67. The zero-order chi connectivity index (χ0) is 15.4. The molecule has 5 nitrogen and oxygen atoms in total. The van der Waals surface area contributed by atoms with Gasteiger partial charge in [0, 0.05) is 38.4 Å². The summed E-state index contributed by atoms with van der Waals surface area (Å²) in [7, 11) is 1.61. The number of aromatic nitrogens is 1. The van der Waals surface area contributed by atoms with Gasteiger partial charge in [0.1, 0.15) is 0 Å². The van der Waals surface area contributed by atoms with Crippen molar-refractivity contribution < 1.29 is 9.53 Å². The Morgan fingerprint density at radius 1 is 1.38 bits per heavy atom. The monoisotopic (exact) mass is 291 g/mol. The van der Waals surface area contributed by atoms with Crippen LogP contribution in [0.1, 0.15) is 26.3 Å². The molecule has 0 N–H and O–H groups in total. The van der Waals surface area contributed by atoms with Crippen molar-refractivity contribution in [1.29, 1.82) is 0 Å². The Kier molecular flexibility index (Phi) is 5.17. The van der Waals surface area contributed by atoms with Gasteiger partial charge in [-0.1, -0.05) is 19.9 Å². The Morgan fingerprint density at radius 2 is 2.14 bits per heavy atom. The molecule has 0 aromatic carbocycles. The molecule has 1 fully saturated rings. The van der Waals surface area contributed by atoms with Crippen LogP contribution in [0, 0.1) is 5.92 Å². The predicted octanol–water partition coefficient (Wildman–Crippen LogP) is 1.78. The van der Waals surface area contributed by atoms with Crippen LogP contribution in [0.25, 0.3) is 0 Å². The Balaban J connectivity index is 1.97. The number of hydrogen-bond donors (Lipinski definition) is 0. The van der Waals surface area contributed by atoms with Crippen molar-refractivity contribution in [1.82, 2.24) is 14.8 Å². The molecular formula is C16H25N3O2. The first-order valence-electron chi connectivity index (χ1n) is 7.53. The third-order valence-electron chi connectivity index (χ3n) is 3.85. The van der Waals surface area contributed by atoms with Crippen LogP contribution in [0.4, 0.5) is 0 Å². The zero-order valence-electron chi connectivity index (χ0n) is 13.4. The summed E-state index contributed by atoms with van der Waals surface area (Å²) in [6.07, 6.45) is 1.82.